The van der Waals surface area contributed by atoms with Gasteiger partial charge >= 0.3 is 0 Å². The Kier molecular flexibility index (Phi) is 4.48. The first-order valence-electron chi connectivity index (χ1n) is 8.85. The third kappa shape index (κ3) is 3.87. The first-order valence-corrected chi connectivity index (χ1v) is 8.85. The van der Waals surface area contributed by atoms with Gasteiger partial charge in [-0.3, -0.25) is 14.5 Å². The molecule has 3 aliphatic rings. The quantitative estimate of drug-likeness (QED) is 0.846. The number of hydrogen-bond acceptors (Lipinski definition) is 5. The number of rotatable bonds is 5. The van der Waals surface area contributed by atoms with Crippen LogP contribution in [0.5, 0.6) is 11.5 Å². The summed E-state index contributed by atoms with van der Waals surface area (Å²) in [6.45, 7) is 4.30. The molecule has 2 fully saturated rings. The first-order chi connectivity index (χ1) is 12.2. The Morgan fingerprint density at radius 3 is 2.60 bits per heavy atom. The predicted octanol–water partition coefficient (Wildman–Crippen LogP) is 0.586. The van der Waals surface area contributed by atoms with Crippen molar-refractivity contribution in [3.05, 3.63) is 23.8 Å². The molecule has 0 unspecified atom stereocenters. The van der Waals surface area contributed by atoms with Gasteiger partial charge in [-0.15, -0.1) is 0 Å². The van der Waals surface area contributed by atoms with Gasteiger partial charge in [-0.25, -0.2) is 0 Å². The Morgan fingerprint density at radius 1 is 1.08 bits per heavy atom. The molecule has 1 aromatic carbocycles. The zero-order valence-corrected chi connectivity index (χ0v) is 14.2. The second-order valence-corrected chi connectivity index (χ2v) is 6.84. The van der Waals surface area contributed by atoms with Gasteiger partial charge in [0.1, 0.15) is 0 Å². The molecule has 0 bridgehead atoms. The Morgan fingerprint density at radius 2 is 1.84 bits per heavy atom. The van der Waals surface area contributed by atoms with E-state index in [2.05, 4.69) is 16.3 Å². The van der Waals surface area contributed by atoms with E-state index in [9.17, 15) is 9.59 Å². The van der Waals surface area contributed by atoms with Crippen molar-refractivity contribution in [1.82, 2.24) is 15.1 Å². The Balaban J connectivity index is 1.22. The second kappa shape index (κ2) is 6.92. The highest BCUT2D eigenvalue weighted by molar-refractivity contribution is 5.86. The van der Waals surface area contributed by atoms with Gasteiger partial charge in [-0.1, -0.05) is 6.07 Å². The number of carbonyl (C=O) groups excluding carboxylic acids is 2. The molecule has 1 aliphatic carbocycles. The number of carbonyl (C=O) groups is 2. The maximum Gasteiger partial charge on any atom is 0.242 e. The van der Waals surface area contributed by atoms with Gasteiger partial charge in [0.2, 0.25) is 18.6 Å². The highest BCUT2D eigenvalue weighted by Gasteiger charge is 2.30. The molecule has 2 heterocycles. The van der Waals surface area contributed by atoms with Gasteiger partial charge in [0, 0.05) is 38.6 Å². The summed E-state index contributed by atoms with van der Waals surface area (Å²) in [4.78, 5) is 28.0. The lowest BCUT2D eigenvalue weighted by molar-refractivity contribution is -0.134. The van der Waals surface area contributed by atoms with Crippen LogP contribution >= 0.6 is 0 Å². The predicted molar refractivity (Wildman–Crippen MR) is 90.2 cm³/mol. The minimum Gasteiger partial charge on any atom is -0.454 e. The zero-order chi connectivity index (χ0) is 17.2. The number of benzene rings is 1. The van der Waals surface area contributed by atoms with E-state index < -0.39 is 0 Å². The van der Waals surface area contributed by atoms with E-state index in [-0.39, 0.29) is 31.1 Å². The van der Waals surface area contributed by atoms with Crippen LogP contribution in [0, 0.1) is 5.92 Å². The van der Waals surface area contributed by atoms with Crippen molar-refractivity contribution >= 4 is 11.8 Å². The van der Waals surface area contributed by atoms with Gasteiger partial charge in [-0.2, -0.15) is 0 Å². The molecule has 7 nitrogen and oxygen atoms in total. The number of amides is 2. The number of fused-ring (bicyclic) bond motifs is 1. The summed E-state index contributed by atoms with van der Waals surface area (Å²) in [6, 6.07) is 6.02. The number of piperazine rings is 1. The number of nitrogens with zero attached hydrogens (tertiary/aromatic N) is 2. The second-order valence-electron chi connectivity index (χ2n) is 6.84. The molecule has 4 rings (SSSR count). The monoisotopic (exact) mass is 345 g/mol. The van der Waals surface area contributed by atoms with Crippen LogP contribution in [0.4, 0.5) is 0 Å². The summed E-state index contributed by atoms with van der Waals surface area (Å²) < 4.78 is 10.7. The van der Waals surface area contributed by atoms with Crippen LogP contribution in [-0.4, -0.2) is 61.1 Å². The van der Waals surface area contributed by atoms with Crippen molar-refractivity contribution in [3.8, 4) is 11.5 Å². The summed E-state index contributed by atoms with van der Waals surface area (Å²) >= 11 is 0. The Labute approximate surface area is 146 Å². The maximum absolute atomic E-state index is 12.2. The Hall–Kier alpha value is -2.28. The fourth-order valence-corrected chi connectivity index (χ4v) is 3.22. The maximum atomic E-state index is 12.2. The van der Waals surface area contributed by atoms with Gasteiger partial charge in [0.25, 0.3) is 0 Å². The lowest BCUT2D eigenvalue weighted by atomic mass is 10.1. The normalized spacial score (nSPS) is 19.8. The standard InChI is InChI=1S/C18H23N3O4/c22-17(10-19-18(23)14-2-3-14)21-7-5-20(6-8-21)11-13-1-4-15-16(9-13)25-12-24-15/h1,4,9,14H,2-3,5-8,10-12H2,(H,19,23). The van der Waals surface area contributed by atoms with E-state index in [1.807, 2.05) is 17.0 Å². The zero-order valence-electron chi connectivity index (χ0n) is 14.2. The average molecular weight is 345 g/mol. The van der Waals surface area contributed by atoms with Crippen LogP contribution in [0.2, 0.25) is 0 Å². The summed E-state index contributed by atoms with van der Waals surface area (Å²) in [5, 5.41) is 2.75. The van der Waals surface area contributed by atoms with Crippen LogP contribution < -0.4 is 14.8 Å². The molecule has 0 aromatic heterocycles. The number of nitrogens with one attached hydrogen (secondary N) is 1. The molecule has 134 valence electrons. The molecular weight excluding hydrogens is 322 g/mol. The lowest BCUT2D eigenvalue weighted by Crippen LogP contribution is -2.50. The number of hydrogen-bond donors (Lipinski definition) is 1. The Bertz CT molecular complexity index is 666. The summed E-state index contributed by atoms with van der Waals surface area (Å²) in [7, 11) is 0. The molecular formula is C18H23N3O4. The molecule has 25 heavy (non-hydrogen) atoms. The fraction of sp³-hybridized carbons (Fsp3) is 0.556. The fourth-order valence-electron chi connectivity index (χ4n) is 3.22. The molecule has 1 saturated heterocycles. The topological polar surface area (TPSA) is 71.1 Å². The number of ether oxygens (including phenoxy) is 2. The van der Waals surface area contributed by atoms with Crippen molar-refractivity contribution in [1.29, 1.82) is 0 Å². The molecule has 0 atom stereocenters. The van der Waals surface area contributed by atoms with Crippen molar-refractivity contribution in [2.45, 2.75) is 19.4 Å². The van der Waals surface area contributed by atoms with E-state index in [0.717, 1.165) is 44.0 Å². The summed E-state index contributed by atoms with van der Waals surface area (Å²) in [6.07, 6.45) is 1.91. The average Bonchev–Trinajstić information content (AvgIpc) is 3.38. The third-order valence-corrected chi connectivity index (χ3v) is 4.93. The molecule has 1 N–H and O–H groups in total. The van der Waals surface area contributed by atoms with Gasteiger partial charge in [0.05, 0.1) is 6.54 Å². The van der Waals surface area contributed by atoms with E-state index in [0.29, 0.717) is 13.1 Å². The molecule has 2 aliphatic heterocycles. The first kappa shape index (κ1) is 16.2. The van der Waals surface area contributed by atoms with Gasteiger partial charge < -0.3 is 19.7 Å². The smallest absolute Gasteiger partial charge is 0.242 e. The summed E-state index contributed by atoms with van der Waals surface area (Å²) in [5.41, 5.74) is 1.18. The summed E-state index contributed by atoms with van der Waals surface area (Å²) in [5.74, 6) is 1.78. The minimum absolute atomic E-state index is 0.0109. The van der Waals surface area contributed by atoms with E-state index >= 15 is 0 Å². The van der Waals surface area contributed by atoms with Crippen molar-refractivity contribution in [2.75, 3.05) is 39.5 Å². The van der Waals surface area contributed by atoms with Crippen molar-refractivity contribution < 1.29 is 19.1 Å². The van der Waals surface area contributed by atoms with Crippen molar-refractivity contribution in [3.63, 3.8) is 0 Å². The molecule has 0 radical (unpaired) electrons. The van der Waals surface area contributed by atoms with Gasteiger partial charge in [-0.05, 0) is 30.5 Å². The van der Waals surface area contributed by atoms with Crippen LogP contribution in [0.1, 0.15) is 18.4 Å². The molecule has 2 amide bonds. The molecule has 1 saturated carbocycles. The third-order valence-electron chi connectivity index (χ3n) is 4.93. The molecule has 7 heteroatoms. The van der Waals surface area contributed by atoms with Crippen molar-refractivity contribution in [2.24, 2.45) is 5.92 Å². The molecule has 1 aromatic rings. The van der Waals surface area contributed by atoms with Crippen LogP contribution in [0.15, 0.2) is 18.2 Å². The highest BCUT2D eigenvalue weighted by atomic mass is 16.7. The SMILES string of the molecule is O=C(NCC(=O)N1CCN(Cc2ccc3c(c2)OCO3)CC1)C1CC1. The largest absolute Gasteiger partial charge is 0.454 e. The van der Waals surface area contributed by atoms with Gasteiger partial charge in [0.15, 0.2) is 11.5 Å². The van der Waals surface area contributed by atoms with Crippen LogP contribution in [0.25, 0.3) is 0 Å². The van der Waals surface area contributed by atoms with E-state index in [1.54, 1.807) is 0 Å². The lowest BCUT2D eigenvalue weighted by Gasteiger charge is -2.34. The van der Waals surface area contributed by atoms with Crippen LogP contribution in [0.3, 0.4) is 0 Å². The van der Waals surface area contributed by atoms with E-state index in [1.165, 1.54) is 5.56 Å². The molecule has 0 spiro atoms. The van der Waals surface area contributed by atoms with Crippen LogP contribution in [-0.2, 0) is 16.1 Å². The highest BCUT2D eigenvalue weighted by Crippen LogP contribution is 2.32. The minimum atomic E-state index is 0.0109. The van der Waals surface area contributed by atoms with E-state index in [4.69, 9.17) is 9.47 Å².